The summed E-state index contributed by atoms with van der Waals surface area (Å²) in [5.74, 6) is 2.42. The van der Waals surface area contributed by atoms with Crippen molar-refractivity contribution in [3.63, 3.8) is 0 Å². The van der Waals surface area contributed by atoms with E-state index in [9.17, 15) is 4.79 Å². The van der Waals surface area contributed by atoms with Crippen molar-refractivity contribution in [3.8, 4) is 11.5 Å². The Kier molecular flexibility index (Phi) is 7.88. The SMILES string of the molecule is CCOc1ccccc1OCCCC(=O)Nc1cccc(N2CCN(CC3CC3)CC2)c1. The largest absolute Gasteiger partial charge is 0.490 e. The predicted octanol–water partition coefficient (Wildman–Crippen LogP) is 4.42. The number of amides is 1. The molecule has 2 aromatic carbocycles. The summed E-state index contributed by atoms with van der Waals surface area (Å²) < 4.78 is 11.4. The number of ether oxygens (including phenoxy) is 2. The van der Waals surface area contributed by atoms with Gasteiger partial charge in [-0.15, -0.1) is 0 Å². The number of hydrogen-bond donors (Lipinski definition) is 1. The molecule has 1 amide bonds. The molecule has 0 bridgehead atoms. The van der Waals surface area contributed by atoms with E-state index < -0.39 is 0 Å². The maximum atomic E-state index is 12.4. The Morgan fingerprint density at radius 2 is 1.75 bits per heavy atom. The molecule has 2 aromatic rings. The van der Waals surface area contributed by atoms with Crippen molar-refractivity contribution in [3.05, 3.63) is 48.5 Å². The number of nitrogens with zero attached hydrogens (tertiary/aromatic N) is 2. The molecule has 6 nitrogen and oxygen atoms in total. The highest BCUT2D eigenvalue weighted by atomic mass is 16.5. The summed E-state index contributed by atoms with van der Waals surface area (Å²) in [7, 11) is 0. The molecule has 2 fully saturated rings. The molecule has 32 heavy (non-hydrogen) atoms. The number of rotatable bonds is 11. The van der Waals surface area contributed by atoms with Crippen LogP contribution in [0.25, 0.3) is 0 Å². The van der Waals surface area contributed by atoms with Crippen molar-refractivity contribution in [1.29, 1.82) is 0 Å². The molecule has 0 unspecified atom stereocenters. The van der Waals surface area contributed by atoms with Crippen LogP contribution in [0.4, 0.5) is 11.4 Å². The van der Waals surface area contributed by atoms with Crippen molar-refractivity contribution >= 4 is 17.3 Å². The zero-order valence-electron chi connectivity index (χ0n) is 19.1. The molecule has 1 heterocycles. The molecule has 1 N–H and O–H groups in total. The Hall–Kier alpha value is -2.73. The van der Waals surface area contributed by atoms with Crippen LogP contribution in [0.2, 0.25) is 0 Å². The van der Waals surface area contributed by atoms with Crippen molar-refractivity contribution in [2.45, 2.75) is 32.6 Å². The lowest BCUT2D eigenvalue weighted by atomic mass is 10.2. The van der Waals surface area contributed by atoms with E-state index in [0.717, 1.165) is 49.3 Å². The normalized spacial score (nSPS) is 16.6. The van der Waals surface area contributed by atoms with Crippen LogP contribution >= 0.6 is 0 Å². The van der Waals surface area contributed by atoms with Crippen LogP contribution in [0.3, 0.4) is 0 Å². The molecular formula is C26H35N3O3. The van der Waals surface area contributed by atoms with Crippen LogP contribution in [0.5, 0.6) is 11.5 Å². The van der Waals surface area contributed by atoms with Gasteiger partial charge >= 0.3 is 0 Å². The van der Waals surface area contributed by atoms with Crippen molar-refractivity contribution in [2.24, 2.45) is 5.92 Å². The minimum atomic E-state index is 0.0121. The number of benzene rings is 2. The van der Waals surface area contributed by atoms with Gasteiger partial charge in [-0.3, -0.25) is 9.69 Å². The fourth-order valence-electron chi connectivity index (χ4n) is 4.12. The first kappa shape index (κ1) is 22.5. The molecule has 1 saturated carbocycles. The lowest BCUT2D eigenvalue weighted by Crippen LogP contribution is -2.47. The summed E-state index contributed by atoms with van der Waals surface area (Å²) in [4.78, 5) is 17.4. The number of carbonyl (C=O) groups is 1. The Bertz CT molecular complexity index is 876. The Labute approximate surface area is 191 Å². The van der Waals surface area contributed by atoms with E-state index in [2.05, 4.69) is 27.2 Å². The number of nitrogens with one attached hydrogen (secondary N) is 1. The minimum absolute atomic E-state index is 0.0121. The van der Waals surface area contributed by atoms with E-state index in [1.807, 2.05) is 43.3 Å². The van der Waals surface area contributed by atoms with Gasteiger partial charge in [-0.2, -0.15) is 0 Å². The van der Waals surface area contributed by atoms with Gasteiger partial charge in [0.05, 0.1) is 13.2 Å². The fourth-order valence-corrected chi connectivity index (χ4v) is 4.12. The molecule has 1 saturated heterocycles. The molecule has 1 aliphatic heterocycles. The Morgan fingerprint density at radius 3 is 2.47 bits per heavy atom. The quantitative estimate of drug-likeness (QED) is 0.528. The van der Waals surface area contributed by atoms with E-state index in [4.69, 9.17) is 9.47 Å². The number of para-hydroxylation sites is 2. The molecule has 2 aliphatic rings. The topological polar surface area (TPSA) is 54.0 Å². The summed E-state index contributed by atoms with van der Waals surface area (Å²) in [6.45, 7) is 8.63. The zero-order valence-corrected chi connectivity index (χ0v) is 19.1. The minimum Gasteiger partial charge on any atom is -0.490 e. The molecule has 0 aromatic heterocycles. The first-order valence-electron chi connectivity index (χ1n) is 11.9. The van der Waals surface area contributed by atoms with Crippen LogP contribution in [0.15, 0.2) is 48.5 Å². The van der Waals surface area contributed by atoms with Gasteiger partial charge in [0.25, 0.3) is 0 Å². The predicted molar refractivity (Wildman–Crippen MR) is 129 cm³/mol. The lowest BCUT2D eigenvalue weighted by Gasteiger charge is -2.36. The zero-order chi connectivity index (χ0) is 22.2. The second kappa shape index (κ2) is 11.2. The third-order valence-corrected chi connectivity index (χ3v) is 6.04. The highest BCUT2D eigenvalue weighted by molar-refractivity contribution is 5.91. The number of piperazine rings is 1. The van der Waals surface area contributed by atoms with Gasteiger partial charge in [-0.05, 0) is 62.4 Å². The third kappa shape index (κ3) is 6.63. The molecule has 0 radical (unpaired) electrons. The van der Waals surface area contributed by atoms with Crippen LogP contribution in [-0.4, -0.2) is 56.7 Å². The van der Waals surface area contributed by atoms with Gasteiger partial charge in [0.15, 0.2) is 11.5 Å². The maximum absolute atomic E-state index is 12.4. The van der Waals surface area contributed by atoms with E-state index >= 15 is 0 Å². The summed E-state index contributed by atoms with van der Waals surface area (Å²) in [6.07, 6.45) is 3.89. The molecule has 1 aliphatic carbocycles. The van der Waals surface area contributed by atoms with E-state index in [-0.39, 0.29) is 5.91 Å². The molecule has 0 spiro atoms. The second-order valence-corrected chi connectivity index (χ2v) is 8.66. The smallest absolute Gasteiger partial charge is 0.224 e. The maximum Gasteiger partial charge on any atom is 0.224 e. The van der Waals surface area contributed by atoms with E-state index in [1.165, 1.54) is 25.1 Å². The highest BCUT2D eigenvalue weighted by Crippen LogP contribution is 2.30. The van der Waals surface area contributed by atoms with Crippen LogP contribution in [0.1, 0.15) is 32.6 Å². The van der Waals surface area contributed by atoms with Gasteiger partial charge in [-0.1, -0.05) is 18.2 Å². The third-order valence-electron chi connectivity index (χ3n) is 6.04. The van der Waals surface area contributed by atoms with Crippen LogP contribution in [-0.2, 0) is 4.79 Å². The molecule has 0 atom stereocenters. The Morgan fingerprint density at radius 1 is 1.00 bits per heavy atom. The molecule has 172 valence electrons. The number of anilines is 2. The van der Waals surface area contributed by atoms with E-state index in [0.29, 0.717) is 26.1 Å². The van der Waals surface area contributed by atoms with Crippen molar-refractivity contribution in [1.82, 2.24) is 4.90 Å². The Balaban J connectivity index is 1.19. The average molecular weight is 438 g/mol. The van der Waals surface area contributed by atoms with Gasteiger partial charge in [0, 0.05) is 50.5 Å². The fraction of sp³-hybridized carbons (Fsp3) is 0.500. The number of carbonyl (C=O) groups excluding carboxylic acids is 1. The lowest BCUT2D eigenvalue weighted by molar-refractivity contribution is -0.116. The van der Waals surface area contributed by atoms with Crippen molar-refractivity contribution < 1.29 is 14.3 Å². The van der Waals surface area contributed by atoms with Gasteiger partial charge < -0.3 is 19.7 Å². The molecule has 4 rings (SSSR count). The van der Waals surface area contributed by atoms with Gasteiger partial charge in [-0.25, -0.2) is 0 Å². The summed E-state index contributed by atoms with van der Waals surface area (Å²) in [5, 5.41) is 3.04. The highest BCUT2D eigenvalue weighted by Gasteiger charge is 2.26. The number of hydrogen-bond acceptors (Lipinski definition) is 5. The van der Waals surface area contributed by atoms with Gasteiger partial charge in [0.1, 0.15) is 0 Å². The first-order valence-corrected chi connectivity index (χ1v) is 11.9. The standard InChI is InChI=1S/C26H35N3O3/c1-2-31-24-9-3-4-10-25(24)32-18-6-11-26(30)27-22-7-5-8-23(19-22)29-16-14-28(15-17-29)20-21-12-13-21/h3-5,7-10,19,21H,2,6,11-18,20H2,1H3,(H,27,30). The van der Waals surface area contributed by atoms with Crippen molar-refractivity contribution in [2.75, 3.05) is 56.2 Å². The molecule has 6 heteroatoms. The summed E-state index contributed by atoms with van der Waals surface area (Å²) >= 11 is 0. The molecular weight excluding hydrogens is 402 g/mol. The first-order chi connectivity index (χ1) is 15.7. The van der Waals surface area contributed by atoms with Gasteiger partial charge in [0.2, 0.25) is 5.91 Å². The van der Waals surface area contributed by atoms with E-state index in [1.54, 1.807) is 0 Å². The summed E-state index contributed by atoms with van der Waals surface area (Å²) in [5.41, 5.74) is 2.04. The van der Waals surface area contributed by atoms with Crippen LogP contribution in [0, 0.1) is 5.92 Å². The van der Waals surface area contributed by atoms with Crippen LogP contribution < -0.4 is 19.7 Å². The summed E-state index contributed by atoms with van der Waals surface area (Å²) in [6, 6.07) is 15.8. The second-order valence-electron chi connectivity index (χ2n) is 8.66. The average Bonchev–Trinajstić information content (AvgIpc) is 3.63. The monoisotopic (exact) mass is 437 g/mol.